The van der Waals surface area contributed by atoms with Gasteiger partial charge in [-0.2, -0.15) is 9.83 Å². The summed E-state index contributed by atoms with van der Waals surface area (Å²) in [7, 11) is 1.83. The molecule has 0 fully saturated rings. The summed E-state index contributed by atoms with van der Waals surface area (Å²) >= 11 is 1.27. The molecule has 9 nitrogen and oxygen atoms in total. The van der Waals surface area contributed by atoms with Crippen LogP contribution in [0.25, 0.3) is 11.3 Å². The molecule has 2 heterocycles. The summed E-state index contributed by atoms with van der Waals surface area (Å²) in [5, 5.41) is 31.3. The predicted molar refractivity (Wildman–Crippen MR) is 169 cm³/mol. The summed E-state index contributed by atoms with van der Waals surface area (Å²) in [6, 6.07) is 15.8. The maximum Gasteiger partial charge on any atom is 0.305 e. The second-order valence-corrected chi connectivity index (χ2v) is 12.1. The van der Waals surface area contributed by atoms with Gasteiger partial charge in [-0.3, -0.25) is 4.79 Å². The van der Waals surface area contributed by atoms with Gasteiger partial charge in [-0.1, -0.05) is 19.1 Å². The minimum absolute atomic E-state index is 0.248. The van der Waals surface area contributed by atoms with Crippen LogP contribution in [0.2, 0.25) is 0 Å². The highest BCUT2D eigenvalue weighted by atomic mass is 32.1. The Labute approximate surface area is 269 Å². The number of hydrogen-bond donors (Lipinski definition) is 2. The monoisotopic (exact) mass is 643 g/mol. The SMILES string of the molecule is CNc1c(C)cc(C(OC(C)=O)[n+]2cnn(C[C@](O)(c3cc(F)ccc3F)[C@@H](C)c3nc(-c4ccc(C#N)cc4)cs3)c2)cc1C. The Balaban J connectivity index is 1.53. The Morgan fingerprint density at radius 2 is 1.87 bits per heavy atom. The molecule has 2 aromatic heterocycles. The van der Waals surface area contributed by atoms with E-state index >= 15 is 4.39 Å². The van der Waals surface area contributed by atoms with Gasteiger partial charge < -0.3 is 15.2 Å². The Morgan fingerprint density at radius 3 is 2.50 bits per heavy atom. The van der Waals surface area contributed by atoms with Crippen molar-refractivity contribution in [2.24, 2.45) is 0 Å². The first-order valence-corrected chi connectivity index (χ1v) is 15.3. The molecule has 12 heteroatoms. The van der Waals surface area contributed by atoms with E-state index in [9.17, 15) is 14.3 Å². The van der Waals surface area contributed by atoms with Gasteiger partial charge >= 0.3 is 5.97 Å². The second-order valence-electron chi connectivity index (χ2n) is 11.2. The maximum absolute atomic E-state index is 15.4. The number of aromatic nitrogens is 4. The third kappa shape index (κ3) is 6.51. The van der Waals surface area contributed by atoms with E-state index in [1.54, 1.807) is 42.1 Å². The number of ether oxygens (including phenoxy) is 1. The van der Waals surface area contributed by atoms with Gasteiger partial charge in [0.25, 0.3) is 12.6 Å². The third-order valence-corrected chi connectivity index (χ3v) is 8.98. The Bertz CT molecular complexity index is 1910. The first-order valence-electron chi connectivity index (χ1n) is 14.5. The standard InChI is InChI=1S/C34H33F2N6O3S/c1-20-12-26(13-21(2)31(20)38-5)33(45-23(4)43)41-18-39-42(19-41)17-34(44,28-14-27(35)10-11-29(28)36)22(3)32-40-30(16-46-32)25-8-6-24(15-37)7-9-25/h6-14,16,18-19,22,33,38,44H,17H2,1-5H3/q+1/t22-,33?,34+/m0/s1. The Morgan fingerprint density at radius 1 is 1.17 bits per heavy atom. The minimum Gasteiger partial charge on any atom is -0.424 e. The molecule has 5 rings (SSSR count). The van der Waals surface area contributed by atoms with Gasteiger partial charge in [-0.05, 0) is 67.4 Å². The fourth-order valence-corrected chi connectivity index (χ4v) is 6.58. The lowest BCUT2D eigenvalue weighted by Gasteiger charge is -2.32. The van der Waals surface area contributed by atoms with Crippen molar-refractivity contribution in [3.63, 3.8) is 0 Å². The van der Waals surface area contributed by atoms with Gasteiger partial charge in [0.2, 0.25) is 6.33 Å². The molecule has 46 heavy (non-hydrogen) atoms. The molecule has 1 unspecified atom stereocenters. The number of aryl methyl sites for hydroxylation is 2. The van der Waals surface area contributed by atoms with Gasteiger partial charge in [0.05, 0.1) is 22.3 Å². The number of nitrogens with one attached hydrogen (secondary N) is 1. The van der Waals surface area contributed by atoms with Crippen LogP contribution >= 0.6 is 11.3 Å². The third-order valence-electron chi connectivity index (χ3n) is 7.95. The van der Waals surface area contributed by atoms with Crippen LogP contribution in [-0.4, -0.2) is 32.9 Å². The molecule has 0 radical (unpaired) electrons. The molecule has 0 bridgehead atoms. The van der Waals surface area contributed by atoms with Gasteiger partial charge in [-0.25, -0.2) is 13.8 Å². The topological polar surface area (TPSA) is 117 Å². The molecule has 5 aromatic rings. The first kappa shape index (κ1) is 32.4. The molecule has 0 spiro atoms. The molecule has 0 saturated carbocycles. The molecular formula is C34H33F2N6O3S+. The average molecular weight is 644 g/mol. The zero-order valence-corrected chi connectivity index (χ0v) is 26.8. The molecular weight excluding hydrogens is 610 g/mol. The number of nitrogens with zero attached hydrogens (tertiary/aromatic N) is 5. The smallest absolute Gasteiger partial charge is 0.305 e. The molecule has 3 atom stereocenters. The van der Waals surface area contributed by atoms with Gasteiger partial charge in [-0.15, -0.1) is 16.0 Å². The predicted octanol–water partition coefficient (Wildman–Crippen LogP) is 5.90. The first-order chi connectivity index (χ1) is 21.9. The van der Waals surface area contributed by atoms with Crippen LogP contribution in [0.5, 0.6) is 0 Å². The van der Waals surface area contributed by atoms with Crippen LogP contribution in [0, 0.1) is 36.8 Å². The summed E-state index contributed by atoms with van der Waals surface area (Å²) in [5.41, 5.74) is 3.22. The van der Waals surface area contributed by atoms with Crippen molar-refractivity contribution < 1.29 is 28.0 Å². The number of carbonyl (C=O) groups is 1. The van der Waals surface area contributed by atoms with Crippen LogP contribution in [0.1, 0.15) is 58.8 Å². The van der Waals surface area contributed by atoms with Crippen LogP contribution in [0.15, 0.2) is 72.6 Å². The van der Waals surface area contributed by atoms with Gasteiger partial charge in [0.15, 0.2) is 0 Å². The number of halogens is 2. The lowest BCUT2D eigenvalue weighted by atomic mass is 9.82. The summed E-state index contributed by atoms with van der Waals surface area (Å²) in [5.74, 6) is -2.82. The number of anilines is 1. The Kier molecular flexibility index (Phi) is 9.27. The summed E-state index contributed by atoms with van der Waals surface area (Å²) in [6.07, 6.45) is 2.12. The highest BCUT2D eigenvalue weighted by molar-refractivity contribution is 7.10. The summed E-state index contributed by atoms with van der Waals surface area (Å²) < 4.78 is 38.5. The van der Waals surface area contributed by atoms with Crippen LogP contribution in [0.3, 0.4) is 0 Å². The maximum atomic E-state index is 15.4. The van der Waals surface area contributed by atoms with Crippen molar-refractivity contribution in [3.8, 4) is 17.3 Å². The fraction of sp³-hybridized carbons (Fsp3) is 0.265. The van der Waals surface area contributed by atoms with Crippen molar-refractivity contribution >= 4 is 23.0 Å². The molecule has 0 aliphatic carbocycles. The van der Waals surface area contributed by atoms with E-state index < -0.39 is 35.4 Å². The van der Waals surface area contributed by atoms with Crippen molar-refractivity contribution in [1.82, 2.24) is 14.8 Å². The number of aliphatic hydroxyl groups is 1. The molecule has 0 aliphatic rings. The van der Waals surface area contributed by atoms with Crippen LogP contribution in [0.4, 0.5) is 14.5 Å². The number of benzene rings is 3. The molecule has 0 amide bonds. The van der Waals surface area contributed by atoms with Crippen LogP contribution in [-0.2, 0) is 21.7 Å². The average Bonchev–Trinajstić information content (AvgIpc) is 3.71. The zero-order valence-electron chi connectivity index (χ0n) is 26.0. The van der Waals surface area contributed by atoms with E-state index in [1.165, 1.54) is 29.3 Å². The summed E-state index contributed by atoms with van der Waals surface area (Å²) in [4.78, 5) is 16.9. The normalized spacial score (nSPS) is 13.8. The summed E-state index contributed by atoms with van der Waals surface area (Å²) in [6.45, 7) is 6.62. The highest BCUT2D eigenvalue weighted by Crippen LogP contribution is 2.41. The van der Waals surface area contributed by atoms with Crippen LogP contribution < -0.4 is 9.88 Å². The second kappa shape index (κ2) is 13.2. The van der Waals surface area contributed by atoms with Crippen molar-refractivity contribution in [2.45, 2.75) is 52.0 Å². The molecule has 2 N–H and O–H groups in total. The molecule has 0 aliphatic heterocycles. The number of carbonyl (C=O) groups excluding carboxylic acids is 1. The van der Waals surface area contributed by atoms with E-state index in [-0.39, 0.29) is 12.1 Å². The minimum atomic E-state index is -2.01. The highest BCUT2D eigenvalue weighted by Gasteiger charge is 2.43. The number of nitriles is 1. The molecule has 3 aromatic carbocycles. The van der Waals surface area contributed by atoms with Gasteiger partial charge in [0, 0.05) is 52.7 Å². The van der Waals surface area contributed by atoms with Crippen molar-refractivity contribution in [1.29, 1.82) is 5.26 Å². The number of hydrogen-bond acceptors (Lipinski definition) is 8. The van der Waals surface area contributed by atoms with Crippen molar-refractivity contribution in [3.05, 3.63) is 117 Å². The number of thiazole rings is 1. The zero-order chi connectivity index (χ0) is 33.2. The van der Waals surface area contributed by atoms with E-state index in [4.69, 9.17) is 15.0 Å². The van der Waals surface area contributed by atoms with Crippen molar-refractivity contribution in [2.75, 3.05) is 12.4 Å². The van der Waals surface area contributed by atoms with E-state index in [0.29, 0.717) is 21.8 Å². The van der Waals surface area contributed by atoms with E-state index in [1.807, 2.05) is 38.4 Å². The molecule has 0 saturated heterocycles. The van der Waals surface area contributed by atoms with E-state index in [0.717, 1.165) is 40.6 Å². The fourth-order valence-electron chi connectivity index (χ4n) is 5.60. The Hall–Kier alpha value is -4.99. The van der Waals surface area contributed by atoms with E-state index in [2.05, 4.69) is 16.5 Å². The number of rotatable bonds is 10. The molecule has 236 valence electrons. The quantitative estimate of drug-likeness (QED) is 0.144. The van der Waals surface area contributed by atoms with Gasteiger partial charge in [0.1, 0.15) is 23.8 Å². The lowest BCUT2D eigenvalue weighted by molar-refractivity contribution is -0.747. The lowest BCUT2D eigenvalue weighted by Crippen LogP contribution is -2.42. The largest absolute Gasteiger partial charge is 0.424 e. The number of esters is 1.